The van der Waals surface area contributed by atoms with Crippen LogP contribution >= 0.6 is 11.6 Å². The normalized spacial score (nSPS) is 12.2. The Labute approximate surface area is 113 Å². The molecule has 1 unspecified atom stereocenters. The van der Waals surface area contributed by atoms with Crippen molar-refractivity contribution in [1.82, 2.24) is 0 Å². The molecule has 0 bridgehead atoms. The zero-order valence-corrected chi connectivity index (χ0v) is 11.5. The molecular formula is C14H20ClNO2. The molecule has 0 spiro atoms. The molecule has 0 fully saturated rings. The van der Waals surface area contributed by atoms with E-state index in [1.54, 1.807) is 12.1 Å². The van der Waals surface area contributed by atoms with E-state index in [2.05, 4.69) is 6.92 Å². The van der Waals surface area contributed by atoms with Crippen LogP contribution in [0.3, 0.4) is 0 Å². The van der Waals surface area contributed by atoms with E-state index in [0.29, 0.717) is 23.9 Å². The van der Waals surface area contributed by atoms with Crippen LogP contribution in [0, 0.1) is 5.92 Å². The number of carbonyl (C=O) groups is 1. The van der Waals surface area contributed by atoms with Crippen molar-refractivity contribution in [2.45, 2.75) is 32.8 Å². The Morgan fingerprint density at radius 3 is 2.89 bits per heavy atom. The highest BCUT2D eigenvalue weighted by Crippen LogP contribution is 2.13. The summed E-state index contributed by atoms with van der Waals surface area (Å²) in [6.07, 6.45) is 2.22. The maximum atomic E-state index is 11.5. The number of esters is 1. The van der Waals surface area contributed by atoms with Crippen molar-refractivity contribution in [2.24, 2.45) is 11.7 Å². The van der Waals surface area contributed by atoms with Gasteiger partial charge in [0.1, 0.15) is 6.61 Å². The summed E-state index contributed by atoms with van der Waals surface area (Å²) in [4.78, 5) is 11.5. The molecule has 3 nitrogen and oxygen atoms in total. The molecule has 0 aromatic heterocycles. The zero-order valence-electron chi connectivity index (χ0n) is 10.7. The number of ether oxygens (including phenoxy) is 1. The summed E-state index contributed by atoms with van der Waals surface area (Å²) in [5.41, 5.74) is 6.36. The number of halogens is 1. The summed E-state index contributed by atoms with van der Waals surface area (Å²) < 4.78 is 5.18. The molecule has 0 amide bonds. The predicted octanol–water partition coefficient (Wildman–Crippen LogP) is 3.15. The number of nitrogens with two attached hydrogens (primary N) is 1. The van der Waals surface area contributed by atoms with Crippen molar-refractivity contribution < 1.29 is 9.53 Å². The van der Waals surface area contributed by atoms with Crippen LogP contribution in [-0.2, 0) is 16.1 Å². The molecule has 0 saturated carbocycles. The summed E-state index contributed by atoms with van der Waals surface area (Å²) in [6, 6.07) is 7.32. The van der Waals surface area contributed by atoms with Crippen molar-refractivity contribution in [1.29, 1.82) is 0 Å². The summed E-state index contributed by atoms with van der Waals surface area (Å²) in [7, 11) is 0. The SMILES string of the molecule is CC(CCN)CCC(=O)OCc1cccc(Cl)c1. The smallest absolute Gasteiger partial charge is 0.306 e. The minimum Gasteiger partial charge on any atom is -0.461 e. The second kappa shape index (κ2) is 8.11. The van der Waals surface area contributed by atoms with E-state index in [1.807, 2.05) is 12.1 Å². The Balaban J connectivity index is 2.25. The Hall–Kier alpha value is -1.06. The van der Waals surface area contributed by atoms with Crippen LogP contribution in [0.2, 0.25) is 5.02 Å². The first-order valence-electron chi connectivity index (χ1n) is 6.22. The number of hydrogen-bond acceptors (Lipinski definition) is 3. The average Bonchev–Trinajstić information content (AvgIpc) is 2.34. The topological polar surface area (TPSA) is 52.3 Å². The van der Waals surface area contributed by atoms with Crippen molar-refractivity contribution in [3.8, 4) is 0 Å². The molecule has 1 aromatic rings. The number of benzene rings is 1. The first kappa shape index (κ1) is 15.0. The van der Waals surface area contributed by atoms with Crippen molar-refractivity contribution in [2.75, 3.05) is 6.54 Å². The third-order valence-corrected chi connectivity index (χ3v) is 3.02. The van der Waals surface area contributed by atoms with Crippen LogP contribution in [0.25, 0.3) is 0 Å². The van der Waals surface area contributed by atoms with E-state index in [-0.39, 0.29) is 12.6 Å². The van der Waals surface area contributed by atoms with Gasteiger partial charge in [0.05, 0.1) is 0 Å². The van der Waals surface area contributed by atoms with Crippen LogP contribution in [0.1, 0.15) is 31.7 Å². The van der Waals surface area contributed by atoms with Crippen LogP contribution in [-0.4, -0.2) is 12.5 Å². The zero-order chi connectivity index (χ0) is 13.4. The van der Waals surface area contributed by atoms with Crippen molar-refractivity contribution in [3.63, 3.8) is 0 Å². The van der Waals surface area contributed by atoms with Gasteiger partial charge in [0, 0.05) is 11.4 Å². The van der Waals surface area contributed by atoms with Gasteiger partial charge in [0.15, 0.2) is 0 Å². The van der Waals surface area contributed by atoms with Crippen molar-refractivity contribution in [3.05, 3.63) is 34.9 Å². The Morgan fingerprint density at radius 1 is 1.44 bits per heavy atom. The van der Waals surface area contributed by atoms with E-state index in [9.17, 15) is 4.79 Å². The summed E-state index contributed by atoms with van der Waals surface area (Å²) >= 11 is 5.85. The van der Waals surface area contributed by atoms with Crippen LogP contribution in [0.15, 0.2) is 24.3 Å². The fourth-order valence-corrected chi connectivity index (χ4v) is 1.87. The minimum absolute atomic E-state index is 0.168. The lowest BCUT2D eigenvalue weighted by atomic mass is 10.0. The van der Waals surface area contributed by atoms with Gasteiger partial charge in [-0.2, -0.15) is 0 Å². The van der Waals surface area contributed by atoms with Gasteiger partial charge in [0.2, 0.25) is 0 Å². The molecule has 4 heteroatoms. The van der Waals surface area contributed by atoms with Gasteiger partial charge in [0.25, 0.3) is 0 Å². The van der Waals surface area contributed by atoms with E-state index < -0.39 is 0 Å². The quantitative estimate of drug-likeness (QED) is 0.774. The van der Waals surface area contributed by atoms with Gasteiger partial charge in [-0.25, -0.2) is 0 Å². The van der Waals surface area contributed by atoms with Gasteiger partial charge in [-0.1, -0.05) is 30.7 Å². The lowest BCUT2D eigenvalue weighted by Crippen LogP contribution is -2.10. The Morgan fingerprint density at radius 2 is 2.22 bits per heavy atom. The molecule has 1 atom stereocenters. The van der Waals surface area contributed by atoms with Gasteiger partial charge in [-0.15, -0.1) is 0 Å². The number of rotatable bonds is 7. The number of carbonyl (C=O) groups excluding carboxylic acids is 1. The first-order chi connectivity index (χ1) is 8.61. The second-order valence-electron chi connectivity index (χ2n) is 4.51. The van der Waals surface area contributed by atoms with Crippen LogP contribution < -0.4 is 5.73 Å². The summed E-state index contributed by atoms with van der Waals surface area (Å²) in [5, 5.41) is 0.653. The molecule has 0 aliphatic carbocycles. The predicted molar refractivity (Wildman–Crippen MR) is 73.3 cm³/mol. The minimum atomic E-state index is -0.168. The van der Waals surface area contributed by atoms with Crippen LogP contribution in [0.4, 0.5) is 0 Å². The van der Waals surface area contributed by atoms with E-state index in [1.165, 1.54) is 0 Å². The molecule has 18 heavy (non-hydrogen) atoms. The molecule has 0 radical (unpaired) electrons. The first-order valence-corrected chi connectivity index (χ1v) is 6.59. The van der Waals surface area contributed by atoms with E-state index in [4.69, 9.17) is 22.1 Å². The van der Waals surface area contributed by atoms with Gasteiger partial charge < -0.3 is 10.5 Å². The highest BCUT2D eigenvalue weighted by molar-refractivity contribution is 6.30. The average molecular weight is 270 g/mol. The van der Waals surface area contributed by atoms with E-state index >= 15 is 0 Å². The maximum absolute atomic E-state index is 11.5. The summed E-state index contributed by atoms with van der Waals surface area (Å²) in [6.45, 7) is 3.04. The molecule has 0 aliphatic heterocycles. The highest BCUT2D eigenvalue weighted by atomic mass is 35.5. The fraction of sp³-hybridized carbons (Fsp3) is 0.500. The van der Waals surface area contributed by atoms with Gasteiger partial charge in [-0.3, -0.25) is 4.79 Å². The highest BCUT2D eigenvalue weighted by Gasteiger charge is 2.07. The monoisotopic (exact) mass is 269 g/mol. The maximum Gasteiger partial charge on any atom is 0.306 e. The third kappa shape index (κ3) is 6.03. The Bertz CT molecular complexity index is 382. The second-order valence-corrected chi connectivity index (χ2v) is 4.95. The fourth-order valence-electron chi connectivity index (χ4n) is 1.66. The molecule has 2 N–H and O–H groups in total. The van der Waals surface area contributed by atoms with Crippen LogP contribution in [0.5, 0.6) is 0 Å². The summed E-state index contributed by atoms with van der Waals surface area (Å²) in [5.74, 6) is 0.299. The Kier molecular flexibility index (Phi) is 6.76. The number of hydrogen-bond donors (Lipinski definition) is 1. The molecule has 100 valence electrons. The molecule has 1 aromatic carbocycles. The lowest BCUT2D eigenvalue weighted by molar-refractivity contribution is -0.145. The lowest BCUT2D eigenvalue weighted by Gasteiger charge is -2.09. The van der Waals surface area contributed by atoms with E-state index in [0.717, 1.165) is 18.4 Å². The van der Waals surface area contributed by atoms with Crippen molar-refractivity contribution >= 4 is 17.6 Å². The largest absolute Gasteiger partial charge is 0.461 e. The molecular weight excluding hydrogens is 250 g/mol. The van der Waals surface area contributed by atoms with Gasteiger partial charge in [-0.05, 0) is 43.0 Å². The molecule has 0 saturated heterocycles. The molecule has 0 aliphatic rings. The van der Waals surface area contributed by atoms with Gasteiger partial charge >= 0.3 is 5.97 Å². The molecule has 0 heterocycles. The standard InChI is InChI=1S/C14H20ClNO2/c1-11(7-8-16)5-6-14(17)18-10-12-3-2-4-13(15)9-12/h2-4,9,11H,5-8,10,16H2,1H3. The third-order valence-electron chi connectivity index (χ3n) is 2.79. The molecule has 1 rings (SSSR count).